The molecule has 2 aromatic carbocycles. The molecule has 2 amide bonds. The highest BCUT2D eigenvalue weighted by molar-refractivity contribution is 5.95. The Balaban J connectivity index is 1.92. The van der Waals surface area contributed by atoms with Gasteiger partial charge < -0.3 is 15.4 Å². The number of nitrogens with one attached hydrogen (secondary N) is 2. The minimum atomic E-state index is -0.788. The molecule has 1 aromatic heterocycles. The van der Waals surface area contributed by atoms with Gasteiger partial charge in [-0.1, -0.05) is 18.2 Å². The van der Waals surface area contributed by atoms with Gasteiger partial charge in [-0.05, 0) is 43.3 Å². The van der Waals surface area contributed by atoms with Gasteiger partial charge in [0.15, 0.2) is 0 Å². The fourth-order valence-corrected chi connectivity index (χ4v) is 3.45. The van der Waals surface area contributed by atoms with Gasteiger partial charge in [-0.25, -0.2) is 18.7 Å². The SMILES string of the molecule is COC(=O)C1=C(C)NC(=O)N[C@@H]1c1cn(-c2ccccc2)nc1-c1ccc(F)cc1. The van der Waals surface area contributed by atoms with E-state index in [1.165, 1.54) is 19.2 Å². The van der Waals surface area contributed by atoms with Crippen LogP contribution >= 0.6 is 0 Å². The minimum Gasteiger partial charge on any atom is -0.466 e. The van der Waals surface area contributed by atoms with Crippen molar-refractivity contribution in [2.75, 3.05) is 7.11 Å². The summed E-state index contributed by atoms with van der Waals surface area (Å²) in [6.45, 7) is 1.64. The number of methoxy groups -OCH3 is 1. The minimum absolute atomic E-state index is 0.271. The van der Waals surface area contributed by atoms with E-state index < -0.39 is 18.0 Å². The summed E-state index contributed by atoms with van der Waals surface area (Å²) in [6.07, 6.45) is 1.75. The Bertz CT molecular complexity index is 1140. The van der Waals surface area contributed by atoms with Crippen LogP contribution in [-0.4, -0.2) is 28.9 Å². The molecule has 0 bridgehead atoms. The number of urea groups is 1. The third kappa shape index (κ3) is 3.55. The molecule has 0 saturated carbocycles. The molecule has 0 fully saturated rings. The van der Waals surface area contributed by atoms with Gasteiger partial charge in [0.25, 0.3) is 0 Å². The van der Waals surface area contributed by atoms with Gasteiger partial charge >= 0.3 is 12.0 Å². The van der Waals surface area contributed by atoms with E-state index in [4.69, 9.17) is 4.74 Å². The molecular weight excluding hydrogens is 387 g/mol. The highest BCUT2D eigenvalue weighted by Crippen LogP contribution is 2.34. The van der Waals surface area contributed by atoms with E-state index in [1.807, 2.05) is 30.3 Å². The molecule has 1 aliphatic heterocycles. The number of carbonyl (C=O) groups is 2. The average molecular weight is 406 g/mol. The Morgan fingerprint density at radius 1 is 1.13 bits per heavy atom. The summed E-state index contributed by atoms with van der Waals surface area (Å²) in [5, 5.41) is 10.1. The molecule has 7 nitrogen and oxygen atoms in total. The van der Waals surface area contributed by atoms with Crippen LogP contribution in [0.2, 0.25) is 0 Å². The predicted molar refractivity (Wildman–Crippen MR) is 108 cm³/mol. The van der Waals surface area contributed by atoms with Crippen LogP contribution in [0.25, 0.3) is 16.9 Å². The fourth-order valence-electron chi connectivity index (χ4n) is 3.45. The zero-order valence-electron chi connectivity index (χ0n) is 16.3. The quantitative estimate of drug-likeness (QED) is 0.650. The molecule has 2 N–H and O–H groups in total. The molecule has 0 aliphatic carbocycles. The lowest BCUT2D eigenvalue weighted by atomic mass is 9.94. The Hall–Kier alpha value is -3.94. The van der Waals surface area contributed by atoms with Crippen molar-refractivity contribution in [3.05, 3.63) is 83.4 Å². The fraction of sp³-hybridized carbons (Fsp3) is 0.136. The molecule has 0 radical (unpaired) electrons. The number of aromatic nitrogens is 2. The number of rotatable bonds is 4. The van der Waals surface area contributed by atoms with E-state index in [2.05, 4.69) is 15.7 Å². The smallest absolute Gasteiger partial charge is 0.337 e. The number of amides is 2. The van der Waals surface area contributed by atoms with Gasteiger partial charge in [-0.2, -0.15) is 5.10 Å². The summed E-state index contributed by atoms with van der Waals surface area (Å²) in [7, 11) is 1.28. The Morgan fingerprint density at radius 2 is 1.83 bits per heavy atom. The molecule has 152 valence electrons. The predicted octanol–water partition coefficient (Wildman–Crippen LogP) is 3.48. The highest BCUT2D eigenvalue weighted by Gasteiger charge is 2.35. The standard InChI is InChI=1S/C22H19FN4O3/c1-13-18(21(28)30-2)20(25-22(29)24-13)17-12-27(16-6-4-3-5-7-16)26-19(17)14-8-10-15(23)11-9-14/h3-12,20H,1-2H3,(H2,24,25,29)/t20-/m1/s1. The lowest BCUT2D eigenvalue weighted by molar-refractivity contribution is -0.136. The number of halogens is 1. The zero-order chi connectivity index (χ0) is 21.3. The van der Waals surface area contributed by atoms with Gasteiger partial charge in [0.1, 0.15) is 5.82 Å². The molecule has 2 heterocycles. The molecule has 0 saturated heterocycles. The largest absolute Gasteiger partial charge is 0.466 e. The van der Waals surface area contributed by atoms with Crippen LogP contribution in [0.4, 0.5) is 9.18 Å². The second-order valence-electron chi connectivity index (χ2n) is 6.78. The molecular formula is C22H19FN4O3. The van der Waals surface area contributed by atoms with Crippen LogP contribution in [0.5, 0.6) is 0 Å². The van der Waals surface area contributed by atoms with E-state index in [0.717, 1.165) is 5.69 Å². The maximum absolute atomic E-state index is 13.5. The number of hydrogen-bond donors (Lipinski definition) is 2. The number of nitrogens with zero attached hydrogens (tertiary/aromatic N) is 2. The number of esters is 1. The Labute approximate surface area is 172 Å². The molecule has 1 atom stereocenters. The van der Waals surface area contributed by atoms with Crippen LogP contribution in [0.3, 0.4) is 0 Å². The first-order valence-corrected chi connectivity index (χ1v) is 9.25. The van der Waals surface area contributed by atoms with Crippen molar-refractivity contribution in [3.63, 3.8) is 0 Å². The third-order valence-electron chi connectivity index (χ3n) is 4.87. The summed E-state index contributed by atoms with van der Waals surface area (Å²) < 4.78 is 20.1. The first kappa shape index (κ1) is 19.4. The Kier molecular flexibility index (Phi) is 5.05. The van der Waals surface area contributed by atoms with Crippen molar-refractivity contribution < 1.29 is 18.7 Å². The van der Waals surface area contributed by atoms with Gasteiger partial charge in [0.2, 0.25) is 0 Å². The topological polar surface area (TPSA) is 85.2 Å². The summed E-state index contributed by atoms with van der Waals surface area (Å²) in [4.78, 5) is 24.7. The average Bonchev–Trinajstić information content (AvgIpc) is 3.19. The second-order valence-corrected chi connectivity index (χ2v) is 6.78. The van der Waals surface area contributed by atoms with E-state index in [-0.39, 0.29) is 11.4 Å². The summed E-state index contributed by atoms with van der Waals surface area (Å²) in [6, 6.07) is 14.1. The molecule has 1 aliphatic rings. The van der Waals surface area contributed by atoms with Crippen LogP contribution in [-0.2, 0) is 9.53 Å². The van der Waals surface area contributed by atoms with Crippen LogP contribution in [0, 0.1) is 5.82 Å². The maximum Gasteiger partial charge on any atom is 0.337 e. The number of benzene rings is 2. The van der Waals surface area contributed by atoms with Gasteiger partial charge in [0.05, 0.1) is 30.1 Å². The monoisotopic (exact) mass is 406 g/mol. The first-order valence-electron chi connectivity index (χ1n) is 9.25. The lowest BCUT2D eigenvalue weighted by Crippen LogP contribution is -2.45. The zero-order valence-corrected chi connectivity index (χ0v) is 16.3. The second kappa shape index (κ2) is 7.82. The van der Waals surface area contributed by atoms with Crippen molar-refractivity contribution in [1.29, 1.82) is 0 Å². The van der Waals surface area contributed by atoms with Crippen molar-refractivity contribution >= 4 is 12.0 Å². The Morgan fingerprint density at radius 3 is 2.50 bits per heavy atom. The summed E-state index contributed by atoms with van der Waals surface area (Å²) in [5.74, 6) is -0.938. The van der Waals surface area contributed by atoms with Crippen molar-refractivity contribution in [1.82, 2.24) is 20.4 Å². The molecule has 4 rings (SSSR count). The van der Waals surface area contributed by atoms with E-state index in [9.17, 15) is 14.0 Å². The number of allylic oxidation sites excluding steroid dienone is 1. The molecule has 0 unspecified atom stereocenters. The van der Waals surface area contributed by atoms with Gasteiger partial charge in [0, 0.05) is 23.0 Å². The van der Waals surface area contributed by atoms with E-state index >= 15 is 0 Å². The number of para-hydroxylation sites is 1. The van der Waals surface area contributed by atoms with Crippen molar-refractivity contribution in [2.24, 2.45) is 0 Å². The maximum atomic E-state index is 13.5. The van der Waals surface area contributed by atoms with Crippen molar-refractivity contribution in [3.8, 4) is 16.9 Å². The highest BCUT2D eigenvalue weighted by atomic mass is 19.1. The van der Waals surface area contributed by atoms with E-state index in [1.54, 1.807) is 29.9 Å². The molecule has 3 aromatic rings. The number of carbonyl (C=O) groups excluding carboxylic acids is 2. The molecule has 8 heteroatoms. The van der Waals surface area contributed by atoms with Crippen LogP contribution < -0.4 is 10.6 Å². The van der Waals surface area contributed by atoms with Gasteiger partial charge in [-0.3, -0.25) is 0 Å². The number of ether oxygens (including phenoxy) is 1. The molecule has 0 spiro atoms. The van der Waals surface area contributed by atoms with Gasteiger partial charge in [-0.15, -0.1) is 0 Å². The lowest BCUT2D eigenvalue weighted by Gasteiger charge is -2.27. The van der Waals surface area contributed by atoms with E-state index in [0.29, 0.717) is 22.5 Å². The summed E-state index contributed by atoms with van der Waals surface area (Å²) >= 11 is 0. The van der Waals surface area contributed by atoms with Crippen LogP contribution in [0.15, 0.2) is 72.1 Å². The number of hydrogen-bond acceptors (Lipinski definition) is 4. The normalized spacial score (nSPS) is 16.1. The first-order chi connectivity index (χ1) is 14.5. The van der Waals surface area contributed by atoms with Crippen LogP contribution in [0.1, 0.15) is 18.5 Å². The summed E-state index contributed by atoms with van der Waals surface area (Å²) in [5.41, 5.74) is 3.21. The third-order valence-corrected chi connectivity index (χ3v) is 4.87. The molecule has 30 heavy (non-hydrogen) atoms. The van der Waals surface area contributed by atoms with Crippen molar-refractivity contribution in [2.45, 2.75) is 13.0 Å².